The van der Waals surface area contributed by atoms with Gasteiger partial charge in [0.05, 0.1) is 6.20 Å². The molecule has 3 heteroatoms. The Balaban J connectivity index is 2.14. The second kappa shape index (κ2) is 6.38. The van der Waals surface area contributed by atoms with Crippen molar-refractivity contribution >= 4 is 6.20 Å². The molecule has 0 saturated carbocycles. The SMILES string of the molecule is C=Cn1cc(CNCCCCC)cn1. The second-order valence-corrected chi connectivity index (χ2v) is 3.40. The highest BCUT2D eigenvalue weighted by Crippen LogP contribution is 1.97. The predicted octanol–water partition coefficient (Wildman–Crippen LogP) is 2.26. The van der Waals surface area contributed by atoms with E-state index in [0.29, 0.717) is 0 Å². The normalized spacial score (nSPS) is 10.4. The molecule has 0 spiro atoms. The average molecular weight is 193 g/mol. The summed E-state index contributed by atoms with van der Waals surface area (Å²) in [6, 6.07) is 0. The first kappa shape index (κ1) is 11.0. The van der Waals surface area contributed by atoms with Crippen LogP contribution in [0.5, 0.6) is 0 Å². The van der Waals surface area contributed by atoms with E-state index in [1.54, 1.807) is 10.9 Å². The van der Waals surface area contributed by atoms with Gasteiger partial charge >= 0.3 is 0 Å². The van der Waals surface area contributed by atoms with Gasteiger partial charge in [0.25, 0.3) is 0 Å². The molecule has 0 radical (unpaired) electrons. The van der Waals surface area contributed by atoms with E-state index in [4.69, 9.17) is 0 Å². The van der Waals surface area contributed by atoms with Crippen LogP contribution in [0.15, 0.2) is 19.0 Å². The fourth-order valence-corrected chi connectivity index (χ4v) is 1.30. The summed E-state index contributed by atoms with van der Waals surface area (Å²) in [7, 11) is 0. The number of hydrogen-bond acceptors (Lipinski definition) is 2. The third-order valence-corrected chi connectivity index (χ3v) is 2.13. The van der Waals surface area contributed by atoms with Gasteiger partial charge in [0.2, 0.25) is 0 Å². The minimum atomic E-state index is 0.900. The zero-order valence-corrected chi connectivity index (χ0v) is 8.87. The summed E-state index contributed by atoms with van der Waals surface area (Å²) < 4.78 is 1.73. The van der Waals surface area contributed by atoms with Crippen molar-refractivity contribution in [2.24, 2.45) is 0 Å². The van der Waals surface area contributed by atoms with E-state index >= 15 is 0 Å². The van der Waals surface area contributed by atoms with Gasteiger partial charge < -0.3 is 5.32 Å². The van der Waals surface area contributed by atoms with Gasteiger partial charge in [0, 0.05) is 24.5 Å². The van der Waals surface area contributed by atoms with Gasteiger partial charge in [0.15, 0.2) is 0 Å². The van der Waals surface area contributed by atoms with Crippen molar-refractivity contribution in [2.45, 2.75) is 32.7 Å². The van der Waals surface area contributed by atoms with Crippen molar-refractivity contribution in [1.82, 2.24) is 15.1 Å². The summed E-state index contributed by atoms with van der Waals surface area (Å²) in [6.45, 7) is 7.85. The highest BCUT2D eigenvalue weighted by atomic mass is 15.2. The van der Waals surface area contributed by atoms with E-state index in [0.717, 1.165) is 13.1 Å². The maximum atomic E-state index is 4.11. The fraction of sp³-hybridized carbons (Fsp3) is 0.545. The lowest BCUT2D eigenvalue weighted by Crippen LogP contribution is -2.14. The number of nitrogens with one attached hydrogen (secondary N) is 1. The standard InChI is InChI=1S/C11H19N3/c1-3-5-6-7-12-8-11-9-13-14(4-2)10-11/h4,9-10,12H,2-3,5-8H2,1H3. The van der Waals surface area contributed by atoms with Crippen molar-refractivity contribution in [2.75, 3.05) is 6.54 Å². The molecular formula is C11H19N3. The molecule has 0 unspecified atom stereocenters. The molecule has 0 amide bonds. The molecule has 1 aromatic heterocycles. The molecule has 0 saturated heterocycles. The van der Waals surface area contributed by atoms with Gasteiger partial charge in [-0.3, -0.25) is 0 Å². The Hall–Kier alpha value is -1.09. The van der Waals surface area contributed by atoms with Crippen LogP contribution in [0, 0.1) is 0 Å². The Kier molecular flexibility index (Phi) is 5.00. The van der Waals surface area contributed by atoms with Crippen LogP contribution in [0.4, 0.5) is 0 Å². The first-order chi connectivity index (χ1) is 6.86. The molecular weight excluding hydrogens is 174 g/mol. The van der Waals surface area contributed by atoms with Crippen LogP contribution in [0.25, 0.3) is 6.20 Å². The summed E-state index contributed by atoms with van der Waals surface area (Å²) in [5.41, 5.74) is 1.21. The Morgan fingerprint density at radius 1 is 1.57 bits per heavy atom. The first-order valence-electron chi connectivity index (χ1n) is 5.23. The summed E-state index contributed by atoms with van der Waals surface area (Å²) in [5.74, 6) is 0. The van der Waals surface area contributed by atoms with Gasteiger partial charge in [-0.1, -0.05) is 26.3 Å². The molecule has 14 heavy (non-hydrogen) atoms. The largest absolute Gasteiger partial charge is 0.313 e. The van der Waals surface area contributed by atoms with Gasteiger partial charge in [0.1, 0.15) is 0 Å². The summed E-state index contributed by atoms with van der Waals surface area (Å²) in [4.78, 5) is 0. The minimum Gasteiger partial charge on any atom is -0.313 e. The third-order valence-electron chi connectivity index (χ3n) is 2.13. The van der Waals surface area contributed by atoms with Gasteiger partial charge in [-0.15, -0.1) is 0 Å². The Bertz CT molecular complexity index is 265. The van der Waals surface area contributed by atoms with Crippen LogP contribution in [0.2, 0.25) is 0 Å². The molecule has 0 bridgehead atoms. The second-order valence-electron chi connectivity index (χ2n) is 3.40. The molecule has 0 aliphatic carbocycles. The maximum Gasteiger partial charge on any atom is 0.0538 e. The smallest absolute Gasteiger partial charge is 0.0538 e. The van der Waals surface area contributed by atoms with Gasteiger partial charge in [-0.25, -0.2) is 4.68 Å². The first-order valence-corrected chi connectivity index (χ1v) is 5.23. The Morgan fingerprint density at radius 2 is 2.43 bits per heavy atom. The molecule has 0 aliphatic heterocycles. The zero-order valence-electron chi connectivity index (χ0n) is 8.87. The predicted molar refractivity (Wildman–Crippen MR) is 59.8 cm³/mol. The molecule has 78 valence electrons. The molecule has 1 aromatic rings. The fourth-order valence-electron chi connectivity index (χ4n) is 1.30. The molecule has 0 fully saturated rings. The number of hydrogen-bond donors (Lipinski definition) is 1. The molecule has 0 aliphatic rings. The van der Waals surface area contributed by atoms with Crippen LogP contribution in [-0.2, 0) is 6.54 Å². The zero-order chi connectivity index (χ0) is 10.2. The molecule has 1 N–H and O–H groups in total. The summed E-state index contributed by atoms with van der Waals surface area (Å²) in [6.07, 6.45) is 9.38. The van der Waals surface area contributed by atoms with E-state index in [9.17, 15) is 0 Å². The van der Waals surface area contributed by atoms with Crippen LogP contribution in [0.3, 0.4) is 0 Å². The number of unbranched alkanes of at least 4 members (excludes halogenated alkanes) is 2. The van der Waals surface area contributed by atoms with Crippen molar-refractivity contribution < 1.29 is 0 Å². The maximum absolute atomic E-state index is 4.11. The van der Waals surface area contributed by atoms with Gasteiger partial charge in [-0.05, 0) is 13.0 Å². The van der Waals surface area contributed by atoms with Gasteiger partial charge in [-0.2, -0.15) is 5.10 Å². The van der Waals surface area contributed by atoms with Crippen molar-refractivity contribution in [1.29, 1.82) is 0 Å². The number of nitrogens with zero attached hydrogens (tertiary/aromatic N) is 2. The molecule has 3 nitrogen and oxygen atoms in total. The highest BCUT2D eigenvalue weighted by molar-refractivity contribution is 5.17. The number of rotatable bonds is 7. The lowest BCUT2D eigenvalue weighted by atomic mass is 10.2. The lowest BCUT2D eigenvalue weighted by Gasteiger charge is -2.00. The van der Waals surface area contributed by atoms with E-state index in [2.05, 4.69) is 23.9 Å². The topological polar surface area (TPSA) is 29.9 Å². The quantitative estimate of drug-likeness (QED) is 0.673. The van der Waals surface area contributed by atoms with Crippen molar-refractivity contribution in [3.05, 3.63) is 24.5 Å². The molecule has 1 heterocycles. The van der Waals surface area contributed by atoms with Crippen LogP contribution < -0.4 is 5.32 Å². The monoisotopic (exact) mass is 193 g/mol. The Morgan fingerprint density at radius 3 is 3.07 bits per heavy atom. The van der Waals surface area contributed by atoms with E-state index in [1.807, 2.05) is 12.4 Å². The van der Waals surface area contributed by atoms with E-state index in [-0.39, 0.29) is 0 Å². The molecule has 0 atom stereocenters. The van der Waals surface area contributed by atoms with Crippen molar-refractivity contribution in [3.8, 4) is 0 Å². The van der Waals surface area contributed by atoms with E-state index in [1.165, 1.54) is 24.8 Å². The molecule has 1 rings (SSSR count). The highest BCUT2D eigenvalue weighted by Gasteiger charge is 1.95. The van der Waals surface area contributed by atoms with Crippen LogP contribution in [0.1, 0.15) is 31.7 Å². The lowest BCUT2D eigenvalue weighted by molar-refractivity contribution is 0.617. The average Bonchev–Trinajstić information content (AvgIpc) is 2.65. The Labute approximate surface area is 85.8 Å². The summed E-state index contributed by atoms with van der Waals surface area (Å²) in [5, 5.41) is 7.49. The van der Waals surface area contributed by atoms with Crippen LogP contribution >= 0.6 is 0 Å². The third kappa shape index (κ3) is 3.75. The molecule has 0 aromatic carbocycles. The van der Waals surface area contributed by atoms with Crippen molar-refractivity contribution in [3.63, 3.8) is 0 Å². The van der Waals surface area contributed by atoms with Crippen LogP contribution in [-0.4, -0.2) is 16.3 Å². The minimum absolute atomic E-state index is 0.900. The van der Waals surface area contributed by atoms with E-state index < -0.39 is 0 Å². The summed E-state index contributed by atoms with van der Waals surface area (Å²) >= 11 is 0. The number of aromatic nitrogens is 2.